The average Bonchev–Trinajstić information content (AvgIpc) is 2.31. The number of hydrogen-bond acceptors (Lipinski definition) is 4. The molecule has 1 aromatic carbocycles. The topological polar surface area (TPSA) is 70.3 Å². The summed E-state index contributed by atoms with van der Waals surface area (Å²) in [5, 5.41) is 18.5. The van der Waals surface area contributed by atoms with Crippen molar-refractivity contribution >= 4 is 17.6 Å². The zero-order chi connectivity index (χ0) is 12.8. The zero-order valence-electron chi connectivity index (χ0n) is 9.36. The van der Waals surface area contributed by atoms with E-state index in [1.54, 1.807) is 13.0 Å². The number of alkyl halides is 1. The maximum absolute atomic E-state index is 11.3. The van der Waals surface area contributed by atoms with Crippen LogP contribution in [-0.4, -0.2) is 17.7 Å². The standard InChI is InChI=1S/C12H12ClNO3/c1-2-17-11(15)5-8-3-9(6-13)12(16)10(4-8)7-14/h3-4,16H,2,5-6H2,1H3. The quantitative estimate of drug-likeness (QED) is 0.659. The van der Waals surface area contributed by atoms with Crippen LogP contribution in [0, 0.1) is 11.3 Å². The molecule has 0 bridgehead atoms. The van der Waals surface area contributed by atoms with Gasteiger partial charge in [-0.15, -0.1) is 11.6 Å². The van der Waals surface area contributed by atoms with Crippen LogP contribution in [0.4, 0.5) is 0 Å². The molecule has 0 aliphatic carbocycles. The summed E-state index contributed by atoms with van der Waals surface area (Å²) < 4.78 is 4.81. The van der Waals surface area contributed by atoms with E-state index in [0.717, 1.165) is 0 Å². The first-order chi connectivity index (χ1) is 8.12. The van der Waals surface area contributed by atoms with Gasteiger partial charge in [-0.1, -0.05) is 6.07 Å². The molecule has 0 aliphatic heterocycles. The normalized spacial score (nSPS) is 9.71. The first-order valence-electron chi connectivity index (χ1n) is 5.08. The number of phenolic OH excluding ortho intramolecular Hbond substituents is 1. The van der Waals surface area contributed by atoms with Gasteiger partial charge in [-0.3, -0.25) is 4.79 Å². The van der Waals surface area contributed by atoms with E-state index in [0.29, 0.717) is 17.7 Å². The fourth-order valence-corrected chi connectivity index (χ4v) is 1.63. The zero-order valence-corrected chi connectivity index (χ0v) is 10.1. The van der Waals surface area contributed by atoms with Crippen LogP contribution in [0.3, 0.4) is 0 Å². The minimum atomic E-state index is -0.373. The van der Waals surface area contributed by atoms with E-state index in [2.05, 4.69) is 0 Å². The van der Waals surface area contributed by atoms with Crippen molar-refractivity contribution in [3.8, 4) is 11.8 Å². The smallest absolute Gasteiger partial charge is 0.310 e. The second-order valence-corrected chi connectivity index (χ2v) is 3.65. The Balaban J connectivity index is 3.02. The monoisotopic (exact) mass is 253 g/mol. The molecule has 1 aromatic rings. The molecular formula is C12H12ClNO3. The third kappa shape index (κ3) is 3.36. The van der Waals surface area contributed by atoms with E-state index in [1.807, 2.05) is 6.07 Å². The third-order valence-electron chi connectivity index (χ3n) is 2.17. The summed E-state index contributed by atoms with van der Waals surface area (Å²) in [7, 11) is 0. The van der Waals surface area contributed by atoms with E-state index in [1.165, 1.54) is 6.07 Å². The highest BCUT2D eigenvalue weighted by Gasteiger charge is 2.11. The summed E-state index contributed by atoms with van der Waals surface area (Å²) in [6.07, 6.45) is 0.0622. The van der Waals surface area contributed by atoms with Gasteiger partial charge in [-0.2, -0.15) is 5.26 Å². The molecule has 0 heterocycles. The number of ether oxygens (including phenoxy) is 1. The van der Waals surface area contributed by atoms with Crippen molar-refractivity contribution in [2.45, 2.75) is 19.2 Å². The molecule has 5 heteroatoms. The highest BCUT2D eigenvalue weighted by atomic mass is 35.5. The fraction of sp³-hybridized carbons (Fsp3) is 0.333. The van der Waals surface area contributed by atoms with Crippen LogP contribution in [-0.2, 0) is 21.8 Å². The van der Waals surface area contributed by atoms with Crippen LogP contribution in [0.2, 0.25) is 0 Å². The molecule has 0 atom stereocenters. The van der Waals surface area contributed by atoms with E-state index in [9.17, 15) is 9.90 Å². The van der Waals surface area contributed by atoms with Crippen molar-refractivity contribution in [3.63, 3.8) is 0 Å². The molecule has 0 aliphatic rings. The number of hydrogen-bond donors (Lipinski definition) is 1. The van der Waals surface area contributed by atoms with Gasteiger partial charge >= 0.3 is 5.97 Å². The Bertz CT molecular complexity index is 466. The lowest BCUT2D eigenvalue weighted by Crippen LogP contribution is -2.08. The molecule has 0 saturated heterocycles. The van der Waals surface area contributed by atoms with Gasteiger partial charge in [0.25, 0.3) is 0 Å². The summed E-state index contributed by atoms with van der Waals surface area (Å²) in [6.45, 7) is 2.03. The number of halogens is 1. The molecule has 0 saturated carbocycles. The minimum Gasteiger partial charge on any atom is -0.506 e. The van der Waals surface area contributed by atoms with E-state index < -0.39 is 0 Å². The highest BCUT2D eigenvalue weighted by Crippen LogP contribution is 2.25. The predicted octanol–water partition coefficient (Wildman–Crippen LogP) is 2.11. The molecule has 1 rings (SSSR count). The second-order valence-electron chi connectivity index (χ2n) is 3.38. The Kier molecular flexibility index (Phi) is 4.80. The van der Waals surface area contributed by atoms with Crippen molar-refractivity contribution in [1.82, 2.24) is 0 Å². The molecule has 17 heavy (non-hydrogen) atoms. The van der Waals surface area contributed by atoms with Crippen molar-refractivity contribution in [1.29, 1.82) is 5.26 Å². The first-order valence-corrected chi connectivity index (χ1v) is 5.62. The van der Waals surface area contributed by atoms with Crippen LogP contribution >= 0.6 is 11.6 Å². The summed E-state index contributed by atoms with van der Waals surface area (Å²) in [6, 6.07) is 4.91. The number of rotatable bonds is 4. The van der Waals surface area contributed by atoms with Crippen molar-refractivity contribution in [2.75, 3.05) is 6.61 Å². The highest BCUT2D eigenvalue weighted by molar-refractivity contribution is 6.17. The van der Waals surface area contributed by atoms with Crippen LogP contribution < -0.4 is 0 Å². The molecule has 0 spiro atoms. The number of benzene rings is 1. The van der Waals surface area contributed by atoms with Gasteiger partial charge in [0.15, 0.2) is 0 Å². The molecule has 1 N–H and O–H groups in total. The summed E-state index contributed by atoms with van der Waals surface area (Å²) in [5.41, 5.74) is 1.15. The molecule has 0 aromatic heterocycles. The minimum absolute atomic E-state index is 0.0622. The summed E-state index contributed by atoms with van der Waals surface area (Å²) in [4.78, 5) is 11.3. The summed E-state index contributed by atoms with van der Waals surface area (Å²) in [5.74, 6) is -0.422. The average molecular weight is 254 g/mol. The number of aromatic hydroxyl groups is 1. The van der Waals surface area contributed by atoms with Gasteiger partial charge in [0.1, 0.15) is 11.8 Å². The van der Waals surface area contributed by atoms with Gasteiger partial charge in [0.05, 0.1) is 24.5 Å². The SMILES string of the molecule is CCOC(=O)Cc1cc(C#N)c(O)c(CCl)c1. The summed E-state index contributed by atoms with van der Waals surface area (Å²) >= 11 is 5.65. The van der Waals surface area contributed by atoms with Gasteiger partial charge < -0.3 is 9.84 Å². The van der Waals surface area contributed by atoms with Crippen LogP contribution in [0.15, 0.2) is 12.1 Å². The molecule has 4 nitrogen and oxygen atoms in total. The number of nitriles is 1. The number of carbonyl (C=O) groups excluding carboxylic acids is 1. The van der Waals surface area contributed by atoms with Gasteiger partial charge in [-0.25, -0.2) is 0 Å². The molecule has 0 fully saturated rings. The second kappa shape index (κ2) is 6.12. The number of phenols is 1. The number of nitrogens with zero attached hydrogens (tertiary/aromatic N) is 1. The molecule has 0 radical (unpaired) electrons. The van der Waals surface area contributed by atoms with E-state index in [-0.39, 0.29) is 29.6 Å². The van der Waals surface area contributed by atoms with E-state index in [4.69, 9.17) is 21.6 Å². The third-order valence-corrected chi connectivity index (χ3v) is 2.45. The largest absolute Gasteiger partial charge is 0.506 e. The molecular weight excluding hydrogens is 242 g/mol. The maximum Gasteiger partial charge on any atom is 0.310 e. The van der Waals surface area contributed by atoms with Crippen LogP contribution in [0.25, 0.3) is 0 Å². The van der Waals surface area contributed by atoms with Gasteiger partial charge in [0, 0.05) is 5.56 Å². The Morgan fingerprint density at radius 3 is 2.82 bits per heavy atom. The predicted molar refractivity (Wildman–Crippen MR) is 62.7 cm³/mol. The van der Waals surface area contributed by atoms with E-state index >= 15 is 0 Å². The lowest BCUT2D eigenvalue weighted by molar-refractivity contribution is -0.142. The first kappa shape index (κ1) is 13.3. The van der Waals surface area contributed by atoms with Crippen molar-refractivity contribution in [3.05, 3.63) is 28.8 Å². The van der Waals surface area contributed by atoms with Crippen molar-refractivity contribution in [2.24, 2.45) is 0 Å². The lowest BCUT2D eigenvalue weighted by Gasteiger charge is -2.07. The van der Waals surface area contributed by atoms with Gasteiger partial charge in [0.2, 0.25) is 0 Å². The molecule has 0 unspecified atom stereocenters. The fourth-order valence-electron chi connectivity index (χ4n) is 1.43. The molecule has 90 valence electrons. The maximum atomic E-state index is 11.3. The number of esters is 1. The molecule has 0 amide bonds. The Morgan fingerprint density at radius 1 is 1.59 bits per heavy atom. The Morgan fingerprint density at radius 2 is 2.29 bits per heavy atom. The Labute approximate surface area is 104 Å². The van der Waals surface area contributed by atoms with Crippen LogP contribution in [0.1, 0.15) is 23.6 Å². The van der Waals surface area contributed by atoms with Gasteiger partial charge in [-0.05, 0) is 18.6 Å². The van der Waals surface area contributed by atoms with Crippen molar-refractivity contribution < 1.29 is 14.6 Å². The number of carbonyl (C=O) groups is 1. The Hall–Kier alpha value is -1.73. The lowest BCUT2D eigenvalue weighted by atomic mass is 10.0. The van der Waals surface area contributed by atoms with Crippen LogP contribution in [0.5, 0.6) is 5.75 Å².